The summed E-state index contributed by atoms with van der Waals surface area (Å²) < 4.78 is 5.07. The summed E-state index contributed by atoms with van der Waals surface area (Å²) in [6.45, 7) is 7.83. The Kier molecular flexibility index (Phi) is 13.1. The van der Waals surface area contributed by atoms with Gasteiger partial charge < -0.3 is 20.3 Å². The lowest BCUT2D eigenvalue weighted by Gasteiger charge is -2.19. The number of rotatable bonds is 9. The third kappa shape index (κ3) is 10.5. The van der Waals surface area contributed by atoms with Crippen molar-refractivity contribution in [2.24, 2.45) is 10.9 Å². The first-order valence-electron chi connectivity index (χ1n) is 9.16. The number of hydrogen-bond donors (Lipinski definition) is 2. The minimum atomic E-state index is -0.0384. The number of benzene rings is 1. The third-order valence-electron chi connectivity index (χ3n) is 3.95. The smallest absolute Gasteiger partial charge is 0.243 e. The number of methoxy groups -OCH3 is 1. The maximum atomic E-state index is 11.8. The Hall–Kier alpha value is -1.35. The Labute approximate surface area is 181 Å². The highest BCUT2D eigenvalue weighted by atomic mass is 127. The molecule has 1 amide bonds. The van der Waals surface area contributed by atoms with Gasteiger partial charge in [-0.2, -0.15) is 0 Å². The van der Waals surface area contributed by atoms with Crippen LogP contribution in [0.4, 0.5) is 0 Å². The van der Waals surface area contributed by atoms with E-state index in [2.05, 4.69) is 60.7 Å². The molecule has 154 valence electrons. The zero-order chi connectivity index (χ0) is 19.5. The fourth-order valence-electron chi connectivity index (χ4n) is 2.41. The summed E-state index contributed by atoms with van der Waals surface area (Å²) in [6.07, 6.45) is 1.08. The van der Waals surface area contributed by atoms with E-state index in [0.717, 1.165) is 6.42 Å². The van der Waals surface area contributed by atoms with E-state index in [1.807, 2.05) is 0 Å². The molecule has 0 heterocycles. The van der Waals surface area contributed by atoms with E-state index in [4.69, 9.17) is 4.74 Å². The molecule has 1 aromatic rings. The first-order valence-corrected chi connectivity index (χ1v) is 9.16. The number of amides is 1. The predicted octanol–water partition coefficient (Wildman–Crippen LogP) is 2.83. The summed E-state index contributed by atoms with van der Waals surface area (Å²) in [7, 11) is 5.11. The second-order valence-corrected chi connectivity index (χ2v) is 7.08. The summed E-state index contributed by atoms with van der Waals surface area (Å²) in [6, 6.07) is 8.72. The largest absolute Gasteiger partial charge is 0.383 e. The fraction of sp³-hybridized carbons (Fsp3) is 0.600. The van der Waals surface area contributed by atoms with Crippen molar-refractivity contribution in [2.75, 3.05) is 40.9 Å². The number of likely N-dealkylation sites (N-methyl/N-ethyl adjacent to an activating group) is 1. The molecule has 1 atom stereocenters. The predicted molar refractivity (Wildman–Crippen MR) is 123 cm³/mol. The monoisotopic (exact) mass is 490 g/mol. The van der Waals surface area contributed by atoms with Crippen LogP contribution in [0.25, 0.3) is 0 Å². The number of aliphatic imine (C=N–C) groups is 1. The molecule has 0 aliphatic rings. The molecule has 0 fully saturated rings. The molecule has 0 radical (unpaired) electrons. The van der Waals surface area contributed by atoms with Crippen LogP contribution in [-0.4, -0.2) is 57.7 Å². The minimum absolute atomic E-state index is 0. The Morgan fingerprint density at radius 3 is 2.33 bits per heavy atom. The van der Waals surface area contributed by atoms with Crippen LogP contribution < -0.4 is 10.6 Å². The topological polar surface area (TPSA) is 66.0 Å². The molecule has 1 rings (SSSR count). The van der Waals surface area contributed by atoms with Gasteiger partial charge in [0.15, 0.2) is 5.96 Å². The minimum Gasteiger partial charge on any atom is -0.383 e. The lowest BCUT2D eigenvalue weighted by molar-refractivity contribution is -0.127. The van der Waals surface area contributed by atoms with E-state index >= 15 is 0 Å². The zero-order valence-electron chi connectivity index (χ0n) is 17.4. The van der Waals surface area contributed by atoms with Gasteiger partial charge in [-0.05, 0) is 30.4 Å². The molecule has 1 aromatic carbocycles. The average molecular weight is 490 g/mol. The van der Waals surface area contributed by atoms with Gasteiger partial charge in [-0.15, -0.1) is 24.0 Å². The van der Waals surface area contributed by atoms with Crippen LogP contribution in [0.1, 0.15) is 37.9 Å². The van der Waals surface area contributed by atoms with E-state index < -0.39 is 0 Å². The number of carbonyl (C=O) groups excluding carboxylic acids is 1. The van der Waals surface area contributed by atoms with Gasteiger partial charge in [0.2, 0.25) is 5.91 Å². The Morgan fingerprint density at radius 2 is 1.81 bits per heavy atom. The van der Waals surface area contributed by atoms with Crippen molar-refractivity contribution >= 4 is 35.8 Å². The molecule has 2 N–H and O–H groups in total. The number of nitrogens with one attached hydrogen (secondary N) is 2. The summed E-state index contributed by atoms with van der Waals surface area (Å²) in [5.41, 5.74) is 2.53. The lowest BCUT2D eigenvalue weighted by atomic mass is 10.00. The summed E-state index contributed by atoms with van der Waals surface area (Å²) in [4.78, 5) is 17.7. The van der Waals surface area contributed by atoms with Gasteiger partial charge in [0.25, 0.3) is 0 Å². The molecular weight excluding hydrogens is 455 g/mol. The van der Waals surface area contributed by atoms with Crippen LogP contribution in [0, 0.1) is 5.92 Å². The van der Waals surface area contributed by atoms with Gasteiger partial charge in [-0.1, -0.05) is 38.1 Å². The van der Waals surface area contributed by atoms with Crippen molar-refractivity contribution in [1.82, 2.24) is 15.5 Å². The summed E-state index contributed by atoms with van der Waals surface area (Å²) in [5, 5.41) is 6.56. The van der Waals surface area contributed by atoms with E-state index in [1.165, 1.54) is 16.0 Å². The molecular formula is C20H35IN4O2. The van der Waals surface area contributed by atoms with Gasteiger partial charge in [0.1, 0.15) is 6.54 Å². The first kappa shape index (κ1) is 25.6. The highest BCUT2D eigenvalue weighted by Crippen LogP contribution is 2.15. The summed E-state index contributed by atoms with van der Waals surface area (Å²) >= 11 is 0. The van der Waals surface area contributed by atoms with Crippen molar-refractivity contribution in [3.8, 4) is 0 Å². The maximum Gasteiger partial charge on any atom is 0.243 e. The molecule has 0 bridgehead atoms. The van der Waals surface area contributed by atoms with Crippen molar-refractivity contribution < 1.29 is 9.53 Å². The van der Waals surface area contributed by atoms with Crippen molar-refractivity contribution in [3.05, 3.63) is 35.4 Å². The maximum absolute atomic E-state index is 11.8. The summed E-state index contributed by atoms with van der Waals surface area (Å²) in [5.74, 6) is 1.22. The molecule has 7 heteroatoms. The van der Waals surface area contributed by atoms with Gasteiger partial charge in [-0.25, -0.2) is 4.99 Å². The number of guanidine groups is 1. The van der Waals surface area contributed by atoms with Crippen LogP contribution >= 0.6 is 24.0 Å². The van der Waals surface area contributed by atoms with Gasteiger partial charge >= 0.3 is 0 Å². The number of hydrogen-bond acceptors (Lipinski definition) is 3. The zero-order valence-corrected chi connectivity index (χ0v) is 19.7. The van der Waals surface area contributed by atoms with Crippen LogP contribution in [0.3, 0.4) is 0 Å². The number of carbonyl (C=O) groups is 1. The number of halogens is 1. The molecule has 6 nitrogen and oxygen atoms in total. The van der Waals surface area contributed by atoms with Crippen molar-refractivity contribution in [1.29, 1.82) is 0 Å². The molecule has 0 aliphatic heterocycles. The molecule has 0 aliphatic carbocycles. The first-order chi connectivity index (χ1) is 12.3. The van der Waals surface area contributed by atoms with Crippen molar-refractivity contribution in [3.63, 3.8) is 0 Å². The number of ether oxygens (including phenoxy) is 1. The Bertz CT molecular complexity index is 574. The molecule has 27 heavy (non-hydrogen) atoms. The van der Waals surface area contributed by atoms with Gasteiger partial charge in [0.05, 0.1) is 12.6 Å². The van der Waals surface area contributed by atoms with Crippen LogP contribution in [0.2, 0.25) is 0 Å². The highest BCUT2D eigenvalue weighted by molar-refractivity contribution is 14.0. The van der Waals surface area contributed by atoms with E-state index in [-0.39, 0.29) is 42.5 Å². The van der Waals surface area contributed by atoms with Crippen LogP contribution in [0.5, 0.6) is 0 Å². The van der Waals surface area contributed by atoms with E-state index in [1.54, 1.807) is 21.2 Å². The third-order valence-corrected chi connectivity index (χ3v) is 3.95. The molecule has 1 unspecified atom stereocenters. The van der Waals surface area contributed by atoms with Crippen LogP contribution in [0.15, 0.2) is 29.3 Å². The Balaban J connectivity index is 0.00000676. The second-order valence-electron chi connectivity index (χ2n) is 7.08. The molecule has 0 saturated heterocycles. The van der Waals surface area contributed by atoms with Gasteiger partial charge in [0, 0.05) is 27.7 Å². The van der Waals surface area contributed by atoms with Gasteiger partial charge in [-0.3, -0.25) is 4.79 Å². The average Bonchev–Trinajstić information content (AvgIpc) is 2.59. The normalized spacial score (nSPS) is 12.3. The SMILES string of the molecule is COCCNC(=NCC(=O)N(C)C)NC(C)c1ccc(CC(C)C)cc1.I. The van der Waals surface area contributed by atoms with Crippen LogP contribution in [-0.2, 0) is 16.0 Å². The Morgan fingerprint density at radius 1 is 1.19 bits per heavy atom. The lowest BCUT2D eigenvalue weighted by Crippen LogP contribution is -2.41. The van der Waals surface area contributed by atoms with E-state index in [9.17, 15) is 4.79 Å². The molecule has 0 spiro atoms. The second kappa shape index (κ2) is 13.8. The molecule has 0 aromatic heterocycles. The van der Waals surface area contributed by atoms with E-state index in [0.29, 0.717) is 25.0 Å². The quantitative estimate of drug-likeness (QED) is 0.242. The number of nitrogens with zero attached hydrogens (tertiary/aromatic N) is 2. The fourth-order valence-corrected chi connectivity index (χ4v) is 2.41. The standard InChI is InChI=1S/C20H34N4O2.HI/c1-15(2)13-17-7-9-18(10-8-17)16(3)23-20(21-11-12-26-6)22-14-19(25)24(4)5;/h7-10,15-16H,11-14H2,1-6H3,(H2,21,22,23);1H. The van der Waals surface area contributed by atoms with Crippen molar-refractivity contribution in [2.45, 2.75) is 33.2 Å². The molecule has 0 saturated carbocycles. The highest BCUT2D eigenvalue weighted by Gasteiger charge is 2.10.